The number of esters is 3. The van der Waals surface area contributed by atoms with Crippen LogP contribution >= 0.6 is 0 Å². The van der Waals surface area contributed by atoms with Gasteiger partial charge in [0.15, 0.2) is 17.2 Å². The number of benzene rings is 3. The van der Waals surface area contributed by atoms with E-state index in [-0.39, 0.29) is 34.8 Å². The summed E-state index contributed by atoms with van der Waals surface area (Å²) in [6.45, 7) is 1.49. The fourth-order valence-corrected chi connectivity index (χ4v) is 5.93. The van der Waals surface area contributed by atoms with Crippen LogP contribution in [0.2, 0.25) is 0 Å². The molecule has 1 aliphatic heterocycles. The number of halogens is 9. The van der Waals surface area contributed by atoms with Crippen molar-refractivity contribution in [3.8, 4) is 28.4 Å². The molecule has 0 saturated carbocycles. The fraction of sp³-hybridized carbons (Fsp3) is 0.242. The van der Waals surface area contributed by atoms with Gasteiger partial charge >= 0.3 is 36.4 Å². The first-order valence-electron chi connectivity index (χ1n) is 15.3. The maximum absolute atomic E-state index is 13.6. The molecule has 1 aliphatic rings. The van der Waals surface area contributed by atoms with Gasteiger partial charge in [0.05, 0.1) is 11.3 Å². The summed E-state index contributed by atoms with van der Waals surface area (Å²) in [5.41, 5.74) is 5.32. The largest absolute Gasteiger partial charge is 0.491 e. The maximum Gasteiger partial charge on any atom is 0.491 e. The van der Waals surface area contributed by atoms with Crippen molar-refractivity contribution in [2.75, 3.05) is 36.8 Å². The molecule has 0 spiro atoms. The lowest BCUT2D eigenvalue weighted by atomic mass is 9.97. The van der Waals surface area contributed by atoms with Crippen LogP contribution in [-0.2, 0) is 20.9 Å². The smallest absolute Gasteiger partial charge is 0.417 e. The van der Waals surface area contributed by atoms with Crippen molar-refractivity contribution in [1.29, 1.82) is 0 Å². The average Bonchev–Trinajstić information content (AvgIpc) is 3.70. The number of carbonyl (C=O) groups is 3. The van der Waals surface area contributed by atoms with Crippen LogP contribution in [0.15, 0.2) is 60.8 Å². The molecule has 3 aromatic carbocycles. The number of nitrogens with zero attached hydrogens (tertiary/aromatic N) is 2. The predicted molar refractivity (Wildman–Crippen MR) is 169 cm³/mol. The third-order valence-corrected chi connectivity index (χ3v) is 8.21. The number of alkyl halides is 9. The number of aromatic nitrogens is 2. The monoisotopic (exact) mass is 757 g/mol. The molecule has 0 radical (unpaired) electrons. The Morgan fingerprint density at radius 3 is 1.91 bits per heavy atom. The Morgan fingerprint density at radius 2 is 1.26 bits per heavy atom. The molecule has 0 amide bonds. The highest BCUT2D eigenvalue weighted by atomic mass is 19.4. The van der Waals surface area contributed by atoms with Gasteiger partial charge in [-0.1, -0.05) is 24.3 Å². The summed E-state index contributed by atoms with van der Waals surface area (Å²) < 4.78 is 134. The van der Waals surface area contributed by atoms with Crippen LogP contribution in [0, 0.1) is 0 Å². The molecule has 0 atom stereocenters. The normalized spacial score (nSPS) is 14.5. The number of anilines is 2. The molecule has 53 heavy (non-hydrogen) atoms. The number of hydrogen-bond acceptors (Lipinski definition) is 9. The lowest BCUT2D eigenvalue weighted by molar-refractivity contribution is -0.191. The van der Waals surface area contributed by atoms with Gasteiger partial charge in [-0.3, -0.25) is 4.90 Å². The average molecular weight is 758 g/mol. The Morgan fingerprint density at radius 1 is 0.679 bits per heavy atom. The van der Waals surface area contributed by atoms with Gasteiger partial charge in [-0.05, 0) is 24.3 Å². The minimum atomic E-state index is -5.83. The van der Waals surface area contributed by atoms with Gasteiger partial charge in [0.25, 0.3) is 0 Å². The van der Waals surface area contributed by atoms with Crippen molar-refractivity contribution in [2.24, 2.45) is 0 Å². The lowest BCUT2D eigenvalue weighted by Crippen LogP contribution is -2.46. The number of piperazine rings is 1. The van der Waals surface area contributed by atoms with Crippen LogP contribution in [0.25, 0.3) is 32.9 Å². The summed E-state index contributed by atoms with van der Waals surface area (Å²) in [7, 11) is 0. The number of ether oxygens (including phenoxy) is 3. The summed E-state index contributed by atoms with van der Waals surface area (Å²) in [5, 5.41) is 0.969. The van der Waals surface area contributed by atoms with Gasteiger partial charge < -0.3 is 34.8 Å². The number of hydrogen-bond donors (Lipinski definition) is 3. The molecule has 6 rings (SSSR count). The minimum Gasteiger partial charge on any atom is -0.417 e. The zero-order valence-corrected chi connectivity index (χ0v) is 26.6. The van der Waals surface area contributed by atoms with Crippen molar-refractivity contribution >= 4 is 51.1 Å². The van der Waals surface area contributed by atoms with Crippen molar-refractivity contribution < 1.29 is 68.1 Å². The number of nitrogen functional groups attached to an aromatic ring is 1. The fourth-order valence-electron chi connectivity index (χ4n) is 5.93. The molecule has 3 heterocycles. The quantitative estimate of drug-likeness (QED) is 0.0723. The summed E-state index contributed by atoms with van der Waals surface area (Å²) in [6, 6.07) is 13.5. The zero-order chi connectivity index (χ0) is 38.5. The predicted octanol–water partition coefficient (Wildman–Crippen LogP) is 6.62. The molecule has 1 saturated heterocycles. The Hall–Kier alpha value is -5.92. The van der Waals surface area contributed by atoms with Gasteiger partial charge in [-0.25, -0.2) is 14.4 Å². The molecule has 4 N–H and O–H groups in total. The van der Waals surface area contributed by atoms with Crippen LogP contribution in [0.5, 0.6) is 17.2 Å². The molecule has 20 heteroatoms. The first kappa shape index (κ1) is 36.9. The van der Waals surface area contributed by atoms with Gasteiger partial charge in [-0.15, -0.1) is 0 Å². The van der Waals surface area contributed by atoms with Crippen LogP contribution in [0.4, 0.5) is 50.9 Å². The molecular formula is C33H24F9N5O6. The van der Waals surface area contributed by atoms with E-state index < -0.39 is 64.9 Å². The number of carbonyl (C=O) groups excluding carboxylic acids is 3. The van der Waals surface area contributed by atoms with E-state index in [0.29, 0.717) is 26.2 Å². The number of fused-ring (bicyclic) bond motifs is 2. The van der Waals surface area contributed by atoms with E-state index in [1.165, 1.54) is 24.3 Å². The zero-order valence-electron chi connectivity index (χ0n) is 26.6. The number of nitrogens with two attached hydrogens (primary N) is 1. The van der Waals surface area contributed by atoms with Crippen LogP contribution in [0.1, 0.15) is 5.69 Å². The van der Waals surface area contributed by atoms with E-state index in [4.69, 9.17) is 5.73 Å². The van der Waals surface area contributed by atoms with E-state index in [0.717, 1.165) is 16.6 Å². The van der Waals surface area contributed by atoms with E-state index in [1.807, 2.05) is 29.2 Å². The number of nitrogens with one attached hydrogen (secondary N) is 2. The van der Waals surface area contributed by atoms with E-state index in [2.05, 4.69) is 29.1 Å². The summed E-state index contributed by atoms with van der Waals surface area (Å²) in [5.74, 6) is -13.6. The number of aromatic amines is 2. The van der Waals surface area contributed by atoms with E-state index in [1.54, 1.807) is 6.20 Å². The summed E-state index contributed by atoms with van der Waals surface area (Å²) in [6.07, 6.45) is -15.5. The molecule has 280 valence electrons. The Bertz CT molecular complexity index is 2220. The Kier molecular flexibility index (Phi) is 9.43. The van der Waals surface area contributed by atoms with Crippen molar-refractivity contribution in [1.82, 2.24) is 14.9 Å². The van der Waals surface area contributed by atoms with Crippen LogP contribution in [0.3, 0.4) is 0 Å². The first-order chi connectivity index (χ1) is 24.8. The van der Waals surface area contributed by atoms with Crippen LogP contribution < -0.4 is 24.8 Å². The number of para-hydroxylation sites is 1. The summed E-state index contributed by atoms with van der Waals surface area (Å²) >= 11 is 0. The molecule has 2 aromatic heterocycles. The third-order valence-electron chi connectivity index (χ3n) is 8.21. The van der Waals surface area contributed by atoms with Gasteiger partial charge in [0.2, 0.25) is 0 Å². The number of rotatable bonds is 7. The Labute approximate surface area is 291 Å². The van der Waals surface area contributed by atoms with E-state index in [9.17, 15) is 53.9 Å². The molecule has 5 aromatic rings. The molecule has 0 aliphatic carbocycles. The second-order valence-corrected chi connectivity index (χ2v) is 11.7. The SMILES string of the molecule is Nc1cc(OC(=O)C(F)(F)F)c(OC(=O)C(F)(F)F)c(-c2c(CN3CCN(c4cccc5[nH]ccc45)CC3)[nH]c3ccccc23)c1OC(=O)C(F)(F)F. The molecule has 0 bridgehead atoms. The van der Waals surface area contributed by atoms with Crippen LogP contribution in [-0.4, -0.2) is 77.5 Å². The van der Waals surface area contributed by atoms with Crippen molar-refractivity contribution in [3.63, 3.8) is 0 Å². The third kappa shape index (κ3) is 7.52. The van der Waals surface area contributed by atoms with Crippen molar-refractivity contribution in [2.45, 2.75) is 25.1 Å². The maximum atomic E-state index is 13.6. The first-order valence-corrected chi connectivity index (χ1v) is 15.3. The Balaban J connectivity index is 1.50. The topological polar surface area (TPSA) is 143 Å². The highest BCUT2D eigenvalue weighted by molar-refractivity contribution is 6.04. The highest BCUT2D eigenvalue weighted by Gasteiger charge is 2.47. The second-order valence-electron chi connectivity index (χ2n) is 11.7. The molecular weight excluding hydrogens is 733 g/mol. The standard InChI is InChI=1S/C33H24F9N5O6/c34-31(35,36)28(48)51-23-14-18(43)26(52-29(49)32(37,38)39)25(27(23)53-30(50)33(40,41)42)24-17-4-1-2-5-20(17)45-21(24)15-46-10-12-47(13-11-46)22-7-3-6-19-16(22)8-9-44-19/h1-9,14,44-45H,10-13,15,43H2. The van der Waals surface area contributed by atoms with Gasteiger partial charge in [0.1, 0.15) is 0 Å². The highest BCUT2D eigenvalue weighted by Crippen LogP contribution is 2.52. The van der Waals surface area contributed by atoms with Crippen molar-refractivity contribution in [3.05, 3.63) is 66.5 Å². The minimum absolute atomic E-state index is 0.00702. The molecule has 0 unspecified atom stereocenters. The second kappa shape index (κ2) is 13.6. The van der Waals surface area contributed by atoms with Gasteiger partial charge in [-0.2, -0.15) is 39.5 Å². The molecule has 1 fully saturated rings. The summed E-state index contributed by atoms with van der Waals surface area (Å²) in [4.78, 5) is 46.3. The lowest BCUT2D eigenvalue weighted by Gasteiger charge is -2.36. The van der Waals surface area contributed by atoms with Gasteiger partial charge in [0, 0.05) is 83.7 Å². The van der Waals surface area contributed by atoms with E-state index >= 15 is 0 Å². The number of H-pyrrole nitrogens is 2. The molecule has 11 nitrogen and oxygen atoms in total.